The summed E-state index contributed by atoms with van der Waals surface area (Å²) in [5, 5.41) is 16.8. The molecule has 2 aromatic carbocycles. The molecule has 9 heteroatoms. The molecule has 0 aliphatic heterocycles. The zero-order chi connectivity index (χ0) is 19.6. The number of anilines is 1. The number of amides is 1. The van der Waals surface area contributed by atoms with Crippen molar-refractivity contribution in [2.45, 2.75) is 31.6 Å². The van der Waals surface area contributed by atoms with Crippen LogP contribution in [0.1, 0.15) is 34.3 Å². The van der Waals surface area contributed by atoms with Crippen molar-refractivity contribution >= 4 is 17.3 Å². The third-order valence-corrected chi connectivity index (χ3v) is 4.13. The Hall–Kier alpha value is -3.10. The van der Waals surface area contributed by atoms with E-state index in [9.17, 15) is 28.1 Å². The Labute approximate surface area is 152 Å². The molecule has 1 aliphatic carbocycles. The molecule has 1 amide bonds. The lowest BCUT2D eigenvalue weighted by Gasteiger charge is -2.10. The Morgan fingerprint density at radius 1 is 1.15 bits per heavy atom. The maximum atomic E-state index is 12.5. The molecular weight excluding hydrogens is 363 g/mol. The first-order valence-corrected chi connectivity index (χ1v) is 8.23. The largest absolute Gasteiger partial charge is 0.416 e. The predicted molar refractivity (Wildman–Crippen MR) is 92.4 cm³/mol. The van der Waals surface area contributed by atoms with E-state index in [0.717, 1.165) is 25.0 Å². The van der Waals surface area contributed by atoms with E-state index in [1.165, 1.54) is 30.3 Å². The van der Waals surface area contributed by atoms with Crippen LogP contribution < -0.4 is 10.6 Å². The van der Waals surface area contributed by atoms with Crippen LogP contribution in [0.5, 0.6) is 0 Å². The van der Waals surface area contributed by atoms with E-state index in [0.29, 0.717) is 11.3 Å². The van der Waals surface area contributed by atoms with Crippen molar-refractivity contribution in [1.82, 2.24) is 5.32 Å². The van der Waals surface area contributed by atoms with Gasteiger partial charge in [-0.1, -0.05) is 12.1 Å². The van der Waals surface area contributed by atoms with Gasteiger partial charge in [-0.25, -0.2) is 0 Å². The third kappa shape index (κ3) is 4.75. The fourth-order valence-corrected chi connectivity index (χ4v) is 2.49. The number of nitro benzene ring substituents is 1. The summed E-state index contributed by atoms with van der Waals surface area (Å²) in [5.41, 5.74) is -0.00866. The second-order valence-corrected chi connectivity index (χ2v) is 6.29. The summed E-state index contributed by atoms with van der Waals surface area (Å²) >= 11 is 0. The van der Waals surface area contributed by atoms with Crippen LogP contribution in [0.25, 0.3) is 0 Å². The van der Waals surface area contributed by atoms with E-state index in [1.807, 2.05) is 0 Å². The van der Waals surface area contributed by atoms with Crippen molar-refractivity contribution in [2.24, 2.45) is 0 Å². The average molecular weight is 379 g/mol. The van der Waals surface area contributed by atoms with Gasteiger partial charge in [0.1, 0.15) is 5.69 Å². The molecule has 0 spiro atoms. The van der Waals surface area contributed by atoms with E-state index in [-0.39, 0.29) is 23.8 Å². The first-order chi connectivity index (χ1) is 12.7. The van der Waals surface area contributed by atoms with Gasteiger partial charge in [0.05, 0.1) is 10.5 Å². The summed E-state index contributed by atoms with van der Waals surface area (Å²) in [6, 6.07) is 8.79. The van der Waals surface area contributed by atoms with Crippen molar-refractivity contribution in [3.8, 4) is 0 Å². The van der Waals surface area contributed by atoms with Gasteiger partial charge in [0, 0.05) is 24.2 Å². The molecule has 0 bridgehead atoms. The maximum Gasteiger partial charge on any atom is 0.416 e. The third-order valence-electron chi connectivity index (χ3n) is 4.13. The van der Waals surface area contributed by atoms with Crippen LogP contribution in [0.3, 0.4) is 0 Å². The number of alkyl halides is 3. The Kier molecular flexibility index (Phi) is 5.02. The lowest BCUT2D eigenvalue weighted by molar-refractivity contribution is -0.384. The molecule has 2 aromatic rings. The van der Waals surface area contributed by atoms with Gasteiger partial charge in [-0.15, -0.1) is 0 Å². The first kappa shape index (κ1) is 18.7. The first-order valence-electron chi connectivity index (χ1n) is 8.23. The number of nitro groups is 1. The van der Waals surface area contributed by atoms with Crippen LogP contribution >= 0.6 is 0 Å². The lowest BCUT2D eigenvalue weighted by Crippen LogP contribution is -2.23. The minimum Gasteiger partial charge on any atom is -0.377 e. The zero-order valence-electron chi connectivity index (χ0n) is 14.0. The standard InChI is InChI=1S/C18H16F3N3O3/c19-18(20,21)13-4-1-11(2-5-13)10-22-17(25)12-3-8-15(23-14-6-7-14)16(9-12)24(26)27/h1-5,8-9,14,23H,6-7,10H2,(H,22,25). The monoisotopic (exact) mass is 379 g/mol. The van der Waals surface area contributed by atoms with Gasteiger partial charge in [-0.2, -0.15) is 13.2 Å². The van der Waals surface area contributed by atoms with E-state index in [4.69, 9.17) is 0 Å². The molecule has 1 aliphatic rings. The van der Waals surface area contributed by atoms with Gasteiger partial charge in [-0.3, -0.25) is 14.9 Å². The lowest BCUT2D eigenvalue weighted by atomic mass is 10.1. The van der Waals surface area contributed by atoms with Gasteiger partial charge >= 0.3 is 6.18 Å². The van der Waals surface area contributed by atoms with Crippen molar-refractivity contribution in [2.75, 3.05) is 5.32 Å². The summed E-state index contributed by atoms with van der Waals surface area (Å²) < 4.78 is 37.6. The number of halogens is 3. The molecule has 2 N–H and O–H groups in total. The van der Waals surface area contributed by atoms with Gasteiger partial charge in [0.2, 0.25) is 0 Å². The molecule has 0 radical (unpaired) electrons. The van der Waals surface area contributed by atoms with E-state index in [2.05, 4.69) is 10.6 Å². The fourth-order valence-electron chi connectivity index (χ4n) is 2.49. The Balaban J connectivity index is 1.67. The molecule has 142 valence electrons. The molecule has 0 heterocycles. The summed E-state index contributed by atoms with van der Waals surface area (Å²) in [6.07, 6.45) is -2.52. The number of carbonyl (C=O) groups excluding carboxylic acids is 1. The predicted octanol–water partition coefficient (Wildman–Crippen LogP) is 4.12. The van der Waals surface area contributed by atoms with Gasteiger partial charge in [-0.05, 0) is 42.7 Å². The molecule has 27 heavy (non-hydrogen) atoms. The zero-order valence-corrected chi connectivity index (χ0v) is 14.0. The minimum atomic E-state index is -4.42. The summed E-state index contributed by atoms with van der Waals surface area (Å²) in [4.78, 5) is 22.9. The second-order valence-electron chi connectivity index (χ2n) is 6.29. The molecule has 0 aromatic heterocycles. The Morgan fingerprint density at radius 3 is 2.37 bits per heavy atom. The van der Waals surface area contributed by atoms with Crippen LogP contribution in [-0.4, -0.2) is 16.9 Å². The SMILES string of the molecule is O=C(NCc1ccc(C(F)(F)F)cc1)c1ccc(NC2CC2)c([N+](=O)[O-])c1. The molecule has 0 unspecified atom stereocenters. The number of nitrogens with one attached hydrogen (secondary N) is 2. The Bertz CT molecular complexity index is 862. The number of hydrogen-bond donors (Lipinski definition) is 2. The van der Waals surface area contributed by atoms with Crippen molar-refractivity contribution in [3.63, 3.8) is 0 Å². The highest BCUT2D eigenvalue weighted by Gasteiger charge is 2.30. The van der Waals surface area contributed by atoms with Gasteiger partial charge < -0.3 is 10.6 Å². The van der Waals surface area contributed by atoms with Crippen LogP contribution in [0.2, 0.25) is 0 Å². The molecule has 0 atom stereocenters. The summed E-state index contributed by atoms with van der Waals surface area (Å²) in [5.74, 6) is -0.545. The normalized spacial score (nSPS) is 13.9. The second kappa shape index (κ2) is 7.26. The summed E-state index contributed by atoms with van der Waals surface area (Å²) in [6.45, 7) is 0.00679. The quantitative estimate of drug-likeness (QED) is 0.584. The van der Waals surface area contributed by atoms with Crippen molar-refractivity contribution in [3.05, 3.63) is 69.3 Å². The minimum absolute atomic E-state index is 0.00679. The van der Waals surface area contributed by atoms with Crippen LogP contribution in [-0.2, 0) is 12.7 Å². The van der Waals surface area contributed by atoms with E-state index >= 15 is 0 Å². The molecule has 1 saturated carbocycles. The molecular formula is C18H16F3N3O3. The highest BCUT2D eigenvalue weighted by atomic mass is 19.4. The number of nitrogens with zero attached hydrogens (tertiary/aromatic N) is 1. The molecule has 3 rings (SSSR count). The van der Waals surface area contributed by atoms with E-state index in [1.54, 1.807) is 0 Å². The number of hydrogen-bond acceptors (Lipinski definition) is 4. The van der Waals surface area contributed by atoms with Crippen LogP contribution in [0, 0.1) is 10.1 Å². The number of rotatable bonds is 6. The van der Waals surface area contributed by atoms with Crippen molar-refractivity contribution < 1.29 is 22.9 Å². The average Bonchev–Trinajstić information content (AvgIpc) is 3.43. The van der Waals surface area contributed by atoms with Gasteiger partial charge in [0.15, 0.2) is 0 Å². The smallest absolute Gasteiger partial charge is 0.377 e. The highest BCUT2D eigenvalue weighted by molar-refractivity contribution is 5.95. The van der Waals surface area contributed by atoms with Crippen LogP contribution in [0.15, 0.2) is 42.5 Å². The topological polar surface area (TPSA) is 84.3 Å². The van der Waals surface area contributed by atoms with E-state index < -0.39 is 22.6 Å². The Morgan fingerprint density at radius 2 is 1.81 bits per heavy atom. The highest BCUT2D eigenvalue weighted by Crippen LogP contribution is 2.32. The number of benzene rings is 2. The van der Waals surface area contributed by atoms with Gasteiger partial charge in [0.25, 0.3) is 11.6 Å². The van der Waals surface area contributed by atoms with Crippen LogP contribution in [0.4, 0.5) is 24.5 Å². The maximum absolute atomic E-state index is 12.5. The fraction of sp³-hybridized carbons (Fsp3) is 0.278. The molecule has 1 fully saturated rings. The molecule has 0 saturated heterocycles. The number of carbonyl (C=O) groups is 1. The van der Waals surface area contributed by atoms with Crippen molar-refractivity contribution in [1.29, 1.82) is 0 Å². The molecule has 6 nitrogen and oxygen atoms in total. The summed E-state index contributed by atoms with van der Waals surface area (Å²) in [7, 11) is 0.